The van der Waals surface area contributed by atoms with Gasteiger partial charge in [0.1, 0.15) is 6.54 Å². The normalized spacial score (nSPS) is 13.7. The molecule has 0 unspecified atom stereocenters. The molecule has 150 valence electrons. The van der Waals surface area contributed by atoms with Crippen molar-refractivity contribution in [3.05, 3.63) is 108 Å². The molecule has 0 saturated heterocycles. The minimum absolute atomic E-state index is 0.00183. The van der Waals surface area contributed by atoms with E-state index in [0.717, 1.165) is 22.5 Å². The molecule has 0 aliphatic carbocycles. The summed E-state index contributed by atoms with van der Waals surface area (Å²) in [5.41, 5.74) is 3.56. The molecule has 0 N–H and O–H groups in total. The van der Waals surface area contributed by atoms with Crippen molar-refractivity contribution in [2.24, 2.45) is 0 Å². The Labute approximate surface area is 180 Å². The smallest absolute Gasteiger partial charge is 0.247 e. The number of hydrogen-bond donors (Lipinski definition) is 0. The predicted molar refractivity (Wildman–Crippen MR) is 123 cm³/mol. The third-order valence-electron chi connectivity index (χ3n) is 4.91. The number of thioether (sulfide) groups is 1. The Morgan fingerprint density at radius 2 is 1.47 bits per heavy atom. The number of benzene rings is 3. The number of rotatable bonds is 6. The van der Waals surface area contributed by atoms with Crippen molar-refractivity contribution in [2.45, 2.75) is 6.54 Å². The Hall–Kier alpha value is -3.31. The van der Waals surface area contributed by atoms with E-state index in [1.165, 1.54) is 11.8 Å². The van der Waals surface area contributed by atoms with Gasteiger partial charge < -0.3 is 9.80 Å². The van der Waals surface area contributed by atoms with Crippen LogP contribution in [0.3, 0.4) is 0 Å². The van der Waals surface area contributed by atoms with Crippen LogP contribution in [-0.2, 0) is 16.1 Å². The highest BCUT2D eigenvalue weighted by atomic mass is 32.2. The van der Waals surface area contributed by atoms with Gasteiger partial charge in [0.05, 0.1) is 18.0 Å². The highest BCUT2D eigenvalue weighted by Crippen LogP contribution is 2.28. The molecule has 1 aliphatic rings. The average molecular weight is 415 g/mol. The van der Waals surface area contributed by atoms with Crippen LogP contribution in [0.1, 0.15) is 11.1 Å². The van der Waals surface area contributed by atoms with Gasteiger partial charge in [0.2, 0.25) is 11.8 Å². The fourth-order valence-corrected chi connectivity index (χ4v) is 4.19. The predicted octanol–water partition coefficient (Wildman–Crippen LogP) is 4.79. The number of nitrogens with zero attached hydrogens (tertiary/aromatic N) is 2. The minimum atomic E-state index is -0.118. The first-order valence-electron chi connectivity index (χ1n) is 9.79. The number of amides is 2. The first-order valence-corrected chi connectivity index (χ1v) is 10.8. The molecule has 0 radical (unpaired) electrons. The third kappa shape index (κ3) is 4.63. The van der Waals surface area contributed by atoms with Crippen molar-refractivity contribution in [2.75, 3.05) is 17.2 Å². The van der Waals surface area contributed by atoms with Crippen molar-refractivity contribution >= 4 is 35.0 Å². The van der Waals surface area contributed by atoms with Gasteiger partial charge in [-0.25, -0.2) is 0 Å². The number of anilines is 1. The standard InChI is InChI=1S/C25H22N2O2S/c28-24(17-27-23(18-30-19-25(27)29)21-12-6-2-7-13-21)26(22-14-8-3-9-15-22)16-20-10-4-1-5-11-20/h1-15,18H,16-17,19H2. The van der Waals surface area contributed by atoms with Gasteiger partial charge in [-0.2, -0.15) is 0 Å². The number of para-hydroxylation sites is 1. The first-order chi connectivity index (χ1) is 14.7. The van der Waals surface area contributed by atoms with Crippen LogP contribution in [-0.4, -0.2) is 29.0 Å². The van der Waals surface area contributed by atoms with Crippen molar-refractivity contribution in [3.63, 3.8) is 0 Å². The van der Waals surface area contributed by atoms with Crippen molar-refractivity contribution < 1.29 is 9.59 Å². The molecule has 5 heteroatoms. The summed E-state index contributed by atoms with van der Waals surface area (Å²) in [4.78, 5) is 29.5. The maximum atomic E-state index is 13.4. The molecule has 3 aromatic carbocycles. The molecule has 0 saturated carbocycles. The van der Waals surface area contributed by atoms with E-state index in [9.17, 15) is 9.59 Å². The fraction of sp³-hybridized carbons (Fsp3) is 0.120. The van der Waals surface area contributed by atoms with E-state index in [1.807, 2.05) is 96.4 Å². The number of carbonyl (C=O) groups is 2. The summed E-state index contributed by atoms with van der Waals surface area (Å²) in [5.74, 6) is 0.169. The lowest BCUT2D eigenvalue weighted by Crippen LogP contribution is -2.43. The summed E-state index contributed by atoms with van der Waals surface area (Å²) in [6, 6.07) is 29.2. The number of hydrogen-bond acceptors (Lipinski definition) is 3. The van der Waals surface area contributed by atoms with Gasteiger partial charge in [-0.1, -0.05) is 78.9 Å². The molecule has 0 atom stereocenters. The second kappa shape index (κ2) is 9.46. The van der Waals surface area contributed by atoms with Crippen LogP contribution in [0.5, 0.6) is 0 Å². The minimum Gasteiger partial charge on any atom is -0.306 e. The largest absolute Gasteiger partial charge is 0.306 e. The molecular weight excluding hydrogens is 392 g/mol. The van der Waals surface area contributed by atoms with Gasteiger partial charge in [-0.15, -0.1) is 11.8 Å². The van der Waals surface area contributed by atoms with Crippen LogP contribution in [0.2, 0.25) is 0 Å². The molecule has 1 heterocycles. The van der Waals surface area contributed by atoms with E-state index in [2.05, 4.69) is 0 Å². The Kier molecular flexibility index (Phi) is 6.30. The molecule has 30 heavy (non-hydrogen) atoms. The second-order valence-electron chi connectivity index (χ2n) is 6.96. The van der Waals surface area contributed by atoms with Gasteiger partial charge in [0.15, 0.2) is 0 Å². The fourth-order valence-electron chi connectivity index (χ4n) is 3.39. The monoisotopic (exact) mass is 414 g/mol. The molecular formula is C25H22N2O2S. The van der Waals surface area contributed by atoms with E-state index >= 15 is 0 Å². The lowest BCUT2D eigenvalue weighted by molar-refractivity contribution is -0.130. The van der Waals surface area contributed by atoms with Crippen LogP contribution >= 0.6 is 11.8 Å². The Bertz CT molecular complexity index is 1040. The molecule has 0 bridgehead atoms. The lowest BCUT2D eigenvalue weighted by Gasteiger charge is -2.31. The zero-order valence-electron chi connectivity index (χ0n) is 16.5. The van der Waals surface area contributed by atoms with Crippen molar-refractivity contribution in [1.82, 2.24) is 4.90 Å². The van der Waals surface area contributed by atoms with Crippen LogP contribution in [0, 0.1) is 0 Å². The summed E-state index contributed by atoms with van der Waals surface area (Å²) >= 11 is 1.47. The average Bonchev–Trinajstić information content (AvgIpc) is 2.80. The molecule has 0 aromatic heterocycles. The van der Waals surface area contributed by atoms with E-state index in [1.54, 1.807) is 9.80 Å². The zero-order valence-corrected chi connectivity index (χ0v) is 17.3. The maximum Gasteiger partial charge on any atom is 0.247 e. The SMILES string of the molecule is O=C1CSC=C(c2ccccc2)N1CC(=O)N(Cc1ccccc1)c1ccccc1. The van der Waals surface area contributed by atoms with E-state index in [0.29, 0.717) is 12.3 Å². The molecule has 1 aliphatic heterocycles. The summed E-state index contributed by atoms with van der Waals surface area (Å²) in [5, 5.41) is 1.97. The van der Waals surface area contributed by atoms with E-state index in [4.69, 9.17) is 0 Å². The first kappa shape index (κ1) is 20.0. The van der Waals surface area contributed by atoms with Gasteiger partial charge in [0, 0.05) is 5.69 Å². The van der Waals surface area contributed by atoms with E-state index < -0.39 is 0 Å². The Balaban J connectivity index is 1.61. The van der Waals surface area contributed by atoms with Gasteiger partial charge in [0.25, 0.3) is 0 Å². The molecule has 2 amide bonds. The summed E-state index contributed by atoms with van der Waals surface area (Å²) < 4.78 is 0. The maximum absolute atomic E-state index is 13.4. The Morgan fingerprint density at radius 1 is 0.867 bits per heavy atom. The molecule has 4 nitrogen and oxygen atoms in total. The topological polar surface area (TPSA) is 40.6 Å². The van der Waals surface area contributed by atoms with E-state index in [-0.39, 0.29) is 18.4 Å². The highest BCUT2D eigenvalue weighted by molar-refractivity contribution is 8.03. The summed E-state index contributed by atoms with van der Waals surface area (Å²) in [6.07, 6.45) is 0. The zero-order chi connectivity index (χ0) is 20.8. The highest BCUT2D eigenvalue weighted by Gasteiger charge is 2.28. The third-order valence-corrected chi connectivity index (χ3v) is 5.71. The quantitative estimate of drug-likeness (QED) is 0.582. The van der Waals surface area contributed by atoms with Crippen LogP contribution in [0.15, 0.2) is 96.4 Å². The van der Waals surface area contributed by atoms with Crippen LogP contribution in [0.25, 0.3) is 5.70 Å². The molecule has 0 fully saturated rings. The Morgan fingerprint density at radius 3 is 2.13 bits per heavy atom. The second-order valence-corrected chi connectivity index (χ2v) is 7.82. The van der Waals surface area contributed by atoms with Crippen LogP contribution < -0.4 is 4.90 Å². The lowest BCUT2D eigenvalue weighted by atomic mass is 10.1. The van der Waals surface area contributed by atoms with Crippen molar-refractivity contribution in [3.8, 4) is 0 Å². The van der Waals surface area contributed by atoms with Gasteiger partial charge in [-0.3, -0.25) is 9.59 Å². The van der Waals surface area contributed by atoms with Crippen LogP contribution in [0.4, 0.5) is 5.69 Å². The molecule has 4 rings (SSSR count). The van der Waals surface area contributed by atoms with Gasteiger partial charge >= 0.3 is 0 Å². The summed E-state index contributed by atoms with van der Waals surface area (Å²) in [6.45, 7) is 0.451. The molecule has 3 aromatic rings. The van der Waals surface area contributed by atoms with Gasteiger partial charge in [-0.05, 0) is 28.7 Å². The number of carbonyl (C=O) groups excluding carboxylic acids is 2. The summed E-state index contributed by atoms with van der Waals surface area (Å²) in [7, 11) is 0. The van der Waals surface area contributed by atoms with Crippen molar-refractivity contribution in [1.29, 1.82) is 0 Å². The molecule has 0 spiro atoms.